The Morgan fingerprint density at radius 1 is 1.16 bits per heavy atom. The van der Waals surface area contributed by atoms with E-state index in [0.717, 1.165) is 48.7 Å². The molecule has 2 N–H and O–H groups in total. The second kappa shape index (κ2) is 8.85. The number of aromatic nitrogens is 4. The predicted molar refractivity (Wildman–Crippen MR) is 118 cm³/mol. The highest BCUT2D eigenvalue weighted by atomic mass is 16.5. The molecular formula is C23H27N5O3. The molecule has 8 heteroatoms. The van der Waals surface area contributed by atoms with Gasteiger partial charge in [0.2, 0.25) is 0 Å². The molecule has 0 aliphatic carbocycles. The minimum Gasteiger partial charge on any atom is -0.481 e. The first kappa shape index (κ1) is 21.0. The monoisotopic (exact) mass is 421 g/mol. The fraction of sp³-hybridized carbons (Fsp3) is 0.391. The summed E-state index contributed by atoms with van der Waals surface area (Å²) in [6.07, 6.45) is 3.57. The van der Waals surface area contributed by atoms with Crippen molar-refractivity contribution >= 4 is 11.8 Å². The van der Waals surface area contributed by atoms with Crippen LogP contribution in [0.3, 0.4) is 0 Å². The van der Waals surface area contributed by atoms with Gasteiger partial charge in [-0.3, -0.25) is 9.89 Å². The molecule has 4 rings (SSSR count). The number of carboxylic acids is 1. The molecule has 1 aliphatic heterocycles. The zero-order valence-electron chi connectivity index (χ0n) is 17.8. The van der Waals surface area contributed by atoms with Crippen molar-refractivity contribution in [2.75, 3.05) is 24.6 Å². The second-order valence-electron chi connectivity index (χ2n) is 8.47. The Labute approximate surface area is 181 Å². The van der Waals surface area contributed by atoms with Crippen LogP contribution in [0.4, 0.5) is 5.82 Å². The molecule has 2 aromatic heterocycles. The van der Waals surface area contributed by atoms with Crippen LogP contribution in [0.1, 0.15) is 26.7 Å². The molecule has 1 fully saturated rings. The molecule has 8 nitrogen and oxygen atoms in total. The highest BCUT2D eigenvalue weighted by Gasteiger charge is 2.30. The zero-order valence-corrected chi connectivity index (χ0v) is 17.8. The first-order chi connectivity index (χ1) is 14.9. The van der Waals surface area contributed by atoms with Crippen molar-refractivity contribution < 1.29 is 14.6 Å². The quantitative estimate of drug-likeness (QED) is 0.600. The molecular weight excluding hydrogens is 394 g/mol. The van der Waals surface area contributed by atoms with Crippen molar-refractivity contribution in [3.8, 4) is 22.8 Å². The molecule has 3 heterocycles. The number of benzene rings is 1. The smallest absolute Gasteiger partial charge is 0.311 e. The van der Waals surface area contributed by atoms with E-state index in [-0.39, 0.29) is 12.7 Å². The van der Waals surface area contributed by atoms with E-state index in [1.165, 1.54) is 0 Å². The number of hydrogen-bond donors (Lipinski definition) is 2. The van der Waals surface area contributed by atoms with Crippen LogP contribution in [0.15, 0.2) is 48.7 Å². The van der Waals surface area contributed by atoms with Crippen LogP contribution in [0, 0.1) is 5.41 Å². The molecule has 0 spiro atoms. The van der Waals surface area contributed by atoms with Crippen molar-refractivity contribution in [3.63, 3.8) is 0 Å². The van der Waals surface area contributed by atoms with Gasteiger partial charge in [-0.1, -0.05) is 30.3 Å². The van der Waals surface area contributed by atoms with Crippen LogP contribution in [0.25, 0.3) is 22.8 Å². The number of H-pyrrole nitrogens is 1. The lowest BCUT2D eigenvalue weighted by Crippen LogP contribution is -2.39. The Balaban J connectivity index is 1.33. The number of piperidine rings is 1. The highest BCUT2D eigenvalue weighted by molar-refractivity contribution is 5.73. The number of aliphatic carboxylic acids is 1. The SMILES string of the molecule is CC(C)(COC1CCN(c2ccc(-c3n[nH]c(-c4ccccc4)n3)cn2)CC1)C(=O)O. The van der Waals surface area contributed by atoms with Crippen LogP contribution < -0.4 is 4.90 Å². The standard InChI is InChI=1S/C23H27N5O3/c1-23(2,22(29)30)15-31-18-10-12-28(13-11-18)19-9-8-17(14-24-19)21-25-20(26-27-21)16-6-4-3-5-7-16/h3-9,14,18H,10-13,15H2,1-2H3,(H,29,30)(H,25,26,27). The number of rotatable bonds is 7. The summed E-state index contributed by atoms with van der Waals surface area (Å²) < 4.78 is 5.86. The Bertz CT molecular complexity index is 1010. The third-order valence-electron chi connectivity index (χ3n) is 5.56. The van der Waals surface area contributed by atoms with Gasteiger partial charge in [0.05, 0.1) is 18.1 Å². The van der Waals surface area contributed by atoms with E-state index in [2.05, 4.69) is 25.1 Å². The van der Waals surface area contributed by atoms with Crippen molar-refractivity contribution in [1.29, 1.82) is 0 Å². The molecule has 0 atom stereocenters. The Hall–Kier alpha value is -3.26. The van der Waals surface area contributed by atoms with Gasteiger partial charge in [0, 0.05) is 30.4 Å². The molecule has 0 amide bonds. The molecule has 1 saturated heterocycles. The number of hydrogen-bond acceptors (Lipinski definition) is 6. The number of carbonyl (C=O) groups is 1. The molecule has 0 radical (unpaired) electrons. The Morgan fingerprint density at radius 2 is 1.90 bits per heavy atom. The van der Waals surface area contributed by atoms with Crippen molar-refractivity contribution in [2.45, 2.75) is 32.8 Å². The van der Waals surface area contributed by atoms with Gasteiger partial charge in [-0.2, -0.15) is 5.10 Å². The van der Waals surface area contributed by atoms with Gasteiger partial charge in [0.15, 0.2) is 11.6 Å². The van der Waals surface area contributed by atoms with Gasteiger partial charge in [-0.05, 0) is 38.8 Å². The zero-order chi connectivity index (χ0) is 21.8. The summed E-state index contributed by atoms with van der Waals surface area (Å²) in [6, 6.07) is 13.9. The second-order valence-corrected chi connectivity index (χ2v) is 8.47. The van der Waals surface area contributed by atoms with E-state index >= 15 is 0 Å². The average Bonchev–Trinajstić information content (AvgIpc) is 3.29. The fourth-order valence-corrected chi connectivity index (χ4v) is 3.46. The highest BCUT2D eigenvalue weighted by Crippen LogP contribution is 2.25. The number of pyridine rings is 1. The van der Waals surface area contributed by atoms with Crippen molar-refractivity contribution in [3.05, 3.63) is 48.7 Å². The topological polar surface area (TPSA) is 104 Å². The van der Waals surface area contributed by atoms with E-state index in [0.29, 0.717) is 5.82 Å². The average molecular weight is 422 g/mol. The van der Waals surface area contributed by atoms with Crippen LogP contribution in [-0.4, -0.2) is 57.0 Å². The normalized spacial score (nSPS) is 15.2. The summed E-state index contributed by atoms with van der Waals surface area (Å²) in [6.45, 7) is 5.24. The Kier molecular flexibility index (Phi) is 5.99. The van der Waals surface area contributed by atoms with E-state index in [4.69, 9.17) is 4.74 Å². The summed E-state index contributed by atoms with van der Waals surface area (Å²) in [7, 11) is 0. The number of carboxylic acid groups (broad SMARTS) is 1. The van der Waals surface area contributed by atoms with Crippen LogP contribution in [0.5, 0.6) is 0 Å². The van der Waals surface area contributed by atoms with Crippen LogP contribution in [-0.2, 0) is 9.53 Å². The molecule has 1 aliphatic rings. The number of nitrogens with one attached hydrogen (secondary N) is 1. The number of nitrogens with zero attached hydrogens (tertiary/aromatic N) is 4. The summed E-state index contributed by atoms with van der Waals surface area (Å²) in [5, 5.41) is 16.5. The minimum atomic E-state index is -0.866. The van der Waals surface area contributed by atoms with Crippen molar-refractivity contribution in [2.24, 2.45) is 5.41 Å². The molecule has 0 bridgehead atoms. The third kappa shape index (κ3) is 4.91. The maximum atomic E-state index is 11.2. The minimum absolute atomic E-state index is 0.0822. The lowest BCUT2D eigenvalue weighted by atomic mass is 9.95. The molecule has 1 aromatic carbocycles. The van der Waals surface area contributed by atoms with Gasteiger partial charge in [0.1, 0.15) is 5.82 Å². The van der Waals surface area contributed by atoms with E-state index in [9.17, 15) is 9.90 Å². The van der Waals surface area contributed by atoms with Gasteiger partial charge >= 0.3 is 5.97 Å². The summed E-state index contributed by atoms with van der Waals surface area (Å²) in [5.41, 5.74) is 0.980. The Morgan fingerprint density at radius 3 is 2.55 bits per heavy atom. The number of aromatic amines is 1. The maximum Gasteiger partial charge on any atom is 0.311 e. The van der Waals surface area contributed by atoms with Crippen LogP contribution >= 0.6 is 0 Å². The van der Waals surface area contributed by atoms with Gasteiger partial charge in [-0.25, -0.2) is 9.97 Å². The number of ether oxygens (including phenoxy) is 1. The predicted octanol–water partition coefficient (Wildman–Crippen LogP) is 3.63. The fourth-order valence-electron chi connectivity index (χ4n) is 3.46. The van der Waals surface area contributed by atoms with Gasteiger partial charge in [-0.15, -0.1) is 0 Å². The van der Waals surface area contributed by atoms with Gasteiger partial charge < -0.3 is 14.7 Å². The van der Waals surface area contributed by atoms with Crippen LogP contribution in [0.2, 0.25) is 0 Å². The maximum absolute atomic E-state index is 11.2. The molecule has 31 heavy (non-hydrogen) atoms. The van der Waals surface area contributed by atoms with E-state index in [1.807, 2.05) is 42.5 Å². The molecule has 162 valence electrons. The van der Waals surface area contributed by atoms with E-state index in [1.54, 1.807) is 20.0 Å². The largest absolute Gasteiger partial charge is 0.481 e. The molecule has 0 saturated carbocycles. The first-order valence-electron chi connectivity index (χ1n) is 10.5. The lowest BCUT2D eigenvalue weighted by molar-refractivity contribution is -0.152. The van der Waals surface area contributed by atoms with Gasteiger partial charge in [0.25, 0.3) is 0 Å². The van der Waals surface area contributed by atoms with Crippen molar-refractivity contribution in [1.82, 2.24) is 20.2 Å². The lowest BCUT2D eigenvalue weighted by Gasteiger charge is -2.34. The summed E-state index contributed by atoms with van der Waals surface area (Å²) in [5.74, 6) is 1.42. The summed E-state index contributed by atoms with van der Waals surface area (Å²) in [4.78, 5) is 22.6. The van der Waals surface area contributed by atoms with E-state index < -0.39 is 11.4 Å². The summed E-state index contributed by atoms with van der Waals surface area (Å²) >= 11 is 0. The third-order valence-corrected chi connectivity index (χ3v) is 5.56. The molecule has 0 unspecified atom stereocenters. The first-order valence-corrected chi connectivity index (χ1v) is 10.5. The number of anilines is 1. The molecule has 3 aromatic rings.